The zero-order valence-corrected chi connectivity index (χ0v) is 29.4. The van der Waals surface area contributed by atoms with Crippen molar-refractivity contribution in [1.82, 2.24) is 35.7 Å². The van der Waals surface area contributed by atoms with E-state index in [1.165, 1.54) is 0 Å². The third-order valence-electron chi connectivity index (χ3n) is 11.1. The maximum absolute atomic E-state index is 14.2. The van der Waals surface area contributed by atoms with Crippen molar-refractivity contribution in [2.24, 2.45) is 18.4 Å². The van der Waals surface area contributed by atoms with Crippen molar-refractivity contribution in [3.63, 3.8) is 0 Å². The minimum absolute atomic E-state index is 0.0256. The second-order valence-electron chi connectivity index (χ2n) is 14.6. The molecule has 0 aliphatic heterocycles. The highest BCUT2D eigenvalue weighted by Crippen LogP contribution is 2.59. The van der Waals surface area contributed by atoms with Gasteiger partial charge in [0.25, 0.3) is 5.91 Å². The van der Waals surface area contributed by atoms with E-state index in [1.807, 2.05) is 57.2 Å². The van der Waals surface area contributed by atoms with Gasteiger partial charge >= 0.3 is 0 Å². The number of H-pyrrole nitrogens is 1. The molecule has 3 amide bonds. The molecule has 4 N–H and O–H groups in total. The molecule has 4 atom stereocenters. The molecule has 0 radical (unpaired) electrons. The maximum atomic E-state index is 14.2. The van der Waals surface area contributed by atoms with Crippen molar-refractivity contribution in [2.75, 3.05) is 20.3 Å². The number of imidazole rings is 1. The van der Waals surface area contributed by atoms with Crippen LogP contribution in [0.25, 0.3) is 11.0 Å². The Bertz CT molecular complexity index is 1830. The van der Waals surface area contributed by atoms with Crippen molar-refractivity contribution in [3.8, 4) is 0 Å². The number of aryl methyl sites for hydroxylation is 1. The lowest BCUT2D eigenvalue weighted by Crippen LogP contribution is -2.65. The van der Waals surface area contributed by atoms with Gasteiger partial charge in [-0.25, -0.2) is 4.98 Å². The molecule has 11 nitrogen and oxygen atoms in total. The van der Waals surface area contributed by atoms with Crippen molar-refractivity contribution in [2.45, 2.75) is 82.7 Å². The van der Waals surface area contributed by atoms with Crippen LogP contribution < -0.4 is 16.0 Å². The van der Waals surface area contributed by atoms with Gasteiger partial charge in [0.1, 0.15) is 17.1 Å². The Morgan fingerprint density at radius 2 is 1.82 bits per heavy atom. The molecule has 2 aliphatic rings. The number of methoxy groups -OCH3 is 1. The number of fused-ring (bicyclic) bond motifs is 1. The summed E-state index contributed by atoms with van der Waals surface area (Å²) in [4.78, 5) is 49.9. The van der Waals surface area contributed by atoms with E-state index in [4.69, 9.17) is 9.72 Å². The molecular weight excluding hydrogens is 618 g/mol. The number of likely N-dealkylation sites (N-methyl/N-ethyl adjacent to an activating group) is 1. The quantitative estimate of drug-likeness (QED) is 0.148. The van der Waals surface area contributed by atoms with Gasteiger partial charge in [0.2, 0.25) is 11.8 Å². The lowest BCUT2D eigenvalue weighted by Gasteiger charge is -2.44. The maximum Gasteiger partial charge on any atom is 0.270 e. The van der Waals surface area contributed by atoms with E-state index >= 15 is 0 Å². The van der Waals surface area contributed by atoms with Gasteiger partial charge in [-0.15, -0.1) is 0 Å². The second-order valence-corrected chi connectivity index (χ2v) is 14.6. The van der Waals surface area contributed by atoms with Gasteiger partial charge in [-0.1, -0.05) is 49.7 Å². The predicted octanol–water partition coefficient (Wildman–Crippen LogP) is 5.07. The van der Waals surface area contributed by atoms with E-state index in [0.717, 1.165) is 43.2 Å². The summed E-state index contributed by atoms with van der Waals surface area (Å²) in [6.07, 6.45) is 6.50. The monoisotopic (exact) mass is 667 g/mol. The Kier molecular flexibility index (Phi) is 9.41. The van der Waals surface area contributed by atoms with Crippen LogP contribution in [0.15, 0.2) is 60.8 Å². The summed E-state index contributed by atoms with van der Waals surface area (Å²) in [6, 6.07) is 17.3. The molecule has 2 fully saturated rings. The van der Waals surface area contributed by atoms with Crippen LogP contribution in [-0.2, 0) is 26.8 Å². The number of aromatic amines is 1. The summed E-state index contributed by atoms with van der Waals surface area (Å²) < 4.78 is 7.20. The number of nitrogens with one attached hydrogen (secondary N) is 4. The number of nitrogens with zero attached hydrogens (tertiary/aromatic N) is 3. The molecule has 260 valence electrons. The largest absolute Gasteiger partial charge is 0.383 e. The lowest BCUT2D eigenvalue weighted by atomic mass is 9.70. The van der Waals surface area contributed by atoms with E-state index in [-0.39, 0.29) is 41.6 Å². The summed E-state index contributed by atoms with van der Waals surface area (Å²) >= 11 is 0. The van der Waals surface area contributed by atoms with Gasteiger partial charge < -0.3 is 25.7 Å². The van der Waals surface area contributed by atoms with E-state index in [2.05, 4.69) is 45.1 Å². The Hall–Kier alpha value is -4.51. The summed E-state index contributed by atoms with van der Waals surface area (Å²) in [5.74, 6) is -0.0305. The fraction of sp³-hybridized carbons (Fsp3) is 0.500. The molecule has 0 spiro atoms. The number of carbonyl (C=O) groups excluding carboxylic acids is 3. The van der Waals surface area contributed by atoms with Crippen molar-refractivity contribution < 1.29 is 19.1 Å². The molecule has 4 aromatic rings. The summed E-state index contributed by atoms with van der Waals surface area (Å²) in [6.45, 7) is 8.41. The standard InChI is InChI=1S/C38H49N7O4/c1-7-39-35(48)38(4,25-14-11-15-25)44-34(47)37(3,23-49-6)26-16-17-27-28(22-26)42-32(41-27)31(43-33(46)29-18-21-40-45(29)5)30(36(2)19-20-36)24-12-9-8-10-13-24/h8-10,12-13,16-18,21-22,25,30-31H,7,11,14-15,19-20,23H2,1-6H3,(H,39,48)(H,41,42)(H,43,46)(H,44,47)/t30-,31-,37?,38?/m0/s1. The zero-order valence-electron chi connectivity index (χ0n) is 29.4. The first-order chi connectivity index (χ1) is 23.4. The van der Waals surface area contributed by atoms with E-state index in [9.17, 15) is 14.4 Å². The number of rotatable bonds is 14. The molecule has 49 heavy (non-hydrogen) atoms. The zero-order chi connectivity index (χ0) is 35.0. The SMILES string of the molecule is CCNC(=O)C(C)(NC(=O)C(C)(COC)c1ccc2[nH]c([C@@H](NC(=O)c3ccnn3C)[C@H](c3ccccc3)C3(C)CC3)nc2c1)C1CCC1. The molecule has 2 heterocycles. The molecule has 2 saturated carbocycles. The first kappa shape index (κ1) is 34.4. The van der Waals surface area contributed by atoms with E-state index in [0.29, 0.717) is 29.1 Å². The molecule has 11 heteroatoms. The number of aromatic nitrogens is 4. The number of hydrogen-bond donors (Lipinski definition) is 4. The topological polar surface area (TPSA) is 143 Å². The highest BCUT2D eigenvalue weighted by molar-refractivity contribution is 5.96. The fourth-order valence-electron chi connectivity index (χ4n) is 7.42. The molecule has 6 rings (SSSR count). The van der Waals surface area contributed by atoms with Gasteiger partial charge in [0.15, 0.2) is 0 Å². The van der Waals surface area contributed by atoms with Crippen LogP contribution in [0.4, 0.5) is 0 Å². The summed E-state index contributed by atoms with van der Waals surface area (Å²) in [5.41, 5.74) is 1.59. The van der Waals surface area contributed by atoms with Crippen LogP contribution in [-0.4, -0.2) is 63.3 Å². The highest BCUT2D eigenvalue weighted by Gasteiger charge is 2.51. The lowest BCUT2D eigenvalue weighted by molar-refractivity contribution is -0.140. The third kappa shape index (κ3) is 6.48. The Balaban J connectivity index is 1.38. The van der Waals surface area contributed by atoms with Gasteiger partial charge in [-0.3, -0.25) is 19.1 Å². The Morgan fingerprint density at radius 1 is 1.08 bits per heavy atom. The van der Waals surface area contributed by atoms with Crippen LogP contribution in [0.2, 0.25) is 0 Å². The normalized spacial score (nSPS) is 19.1. The fourth-order valence-corrected chi connectivity index (χ4v) is 7.42. The molecule has 2 unspecified atom stereocenters. The van der Waals surface area contributed by atoms with Gasteiger partial charge in [-0.05, 0) is 87.1 Å². The van der Waals surface area contributed by atoms with Crippen molar-refractivity contribution in [3.05, 3.63) is 83.4 Å². The molecule has 2 aromatic heterocycles. The average Bonchev–Trinajstić information content (AvgIpc) is 3.42. The van der Waals surface area contributed by atoms with Crippen LogP contribution in [0.1, 0.15) is 99.2 Å². The smallest absolute Gasteiger partial charge is 0.270 e. The molecule has 2 aliphatic carbocycles. The Labute approximate surface area is 288 Å². The van der Waals surface area contributed by atoms with Crippen LogP contribution in [0.5, 0.6) is 0 Å². The number of carbonyl (C=O) groups is 3. The second kappa shape index (κ2) is 13.4. The molecular formula is C38H49N7O4. The first-order valence-corrected chi connectivity index (χ1v) is 17.4. The van der Waals surface area contributed by atoms with Crippen LogP contribution in [0, 0.1) is 11.3 Å². The summed E-state index contributed by atoms with van der Waals surface area (Å²) in [7, 11) is 3.32. The van der Waals surface area contributed by atoms with Gasteiger partial charge in [0.05, 0.1) is 29.1 Å². The molecule has 2 aromatic carbocycles. The highest BCUT2D eigenvalue weighted by atomic mass is 16.5. The predicted molar refractivity (Wildman–Crippen MR) is 188 cm³/mol. The number of ether oxygens (including phenoxy) is 1. The minimum Gasteiger partial charge on any atom is -0.383 e. The summed E-state index contributed by atoms with van der Waals surface area (Å²) in [5, 5.41) is 13.6. The van der Waals surface area contributed by atoms with Crippen molar-refractivity contribution >= 4 is 28.8 Å². The molecule has 0 saturated heterocycles. The van der Waals surface area contributed by atoms with Crippen LogP contribution in [0.3, 0.4) is 0 Å². The van der Waals surface area contributed by atoms with Crippen LogP contribution >= 0.6 is 0 Å². The number of benzene rings is 2. The number of amides is 3. The third-order valence-corrected chi connectivity index (χ3v) is 11.1. The number of hydrogen-bond acceptors (Lipinski definition) is 6. The van der Waals surface area contributed by atoms with Gasteiger partial charge in [-0.2, -0.15) is 5.10 Å². The first-order valence-electron chi connectivity index (χ1n) is 17.4. The van der Waals surface area contributed by atoms with Gasteiger partial charge in [0, 0.05) is 32.8 Å². The van der Waals surface area contributed by atoms with Crippen molar-refractivity contribution in [1.29, 1.82) is 0 Å². The van der Waals surface area contributed by atoms with E-state index in [1.54, 1.807) is 31.1 Å². The van der Waals surface area contributed by atoms with E-state index < -0.39 is 17.0 Å². The Morgan fingerprint density at radius 3 is 2.41 bits per heavy atom. The average molecular weight is 668 g/mol. The molecule has 0 bridgehead atoms. The minimum atomic E-state index is -1.11.